The number of hydrogen-bond donors (Lipinski definition) is 4. The van der Waals surface area contributed by atoms with Gasteiger partial charge in [0.2, 0.25) is 0 Å². The molecule has 0 amide bonds. The lowest BCUT2D eigenvalue weighted by molar-refractivity contribution is -0.0419. The molecule has 27 heavy (non-hydrogen) atoms. The molecular weight excluding hydrogens is 380 g/mol. The number of aliphatic hydroxyl groups excluding tert-OH is 2. The van der Waals surface area contributed by atoms with Crippen LogP contribution < -0.4 is 15.5 Å². The molecule has 0 bridgehead atoms. The van der Waals surface area contributed by atoms with Crippen molar-refractivity contribution in [1.29, 1.82) is 0 Å². The number of fused-ring (bicyclic) bond motifs is 1. The lowest BCUT2D eigenvalue weighted by Crippen LogP contribution is -2.56. The third-order valence-corrected chi connectivity index (χ3v) is 5.29. The lowest BCUT2D eigenvalue weighted by Gasteiger charge is -2.35. The summed E-state index contributed by atoms with van der Waals surface area (Å²) < 4.78 is 30.2. The fourth-order valence-electron chi connectivity index (χ4n) is 3.88. The molecule has 4 N–H and O–H groups in total. The van der Waals surface area contributed by atoms with Gasteiger partial charge >= 0.3 is 0 Å². The number of nitrogens with zero attached hydrogens (tertiary/aromatic N) is 3. The number of halogens is 3. The first-order valence-electron chi connectivity index (χ1n) is 8.81. The van der Waals surface area contributed by atoms with Gasteiger partial charge in [-0.25, -0.2) is 14.1 Å². The van der Waals surface area contributed by atoms with Crippen LogP contribution in [0, 0.1) is 0 Å². The quantitative estimate of drug-likeness (QED) is 0.601. The van der Waals surface area contributed by atoms with E-state index >= 15 is 0 Å². The number of alkyl halides is 2. The second kappa shape index (κ2) is 7.48. The van der Waals surface area contributed by atoms with Crippen LogP contribution in [0.1, 0.15) is 24.3 Å². The number of aliphatic hydroxyl groups is 2. The Kier molecular flexibility index (Phi) is 5.60. The van der Waals surface area contributed by atoms with Crippen molar-refractivity contribution >= 4 is 29.1 Å². The Hall–Kier alpha value is -1.52. The van der Waals surface area contributed by atoms with Crippen LogP contribution in [-0.4, -0.2) is 58.1 Å². The molecule has 4 rings (SSSR count). The van der Waals surface area contributed by atoms with Crippen LogP contribution in [0.4, 0.5) is 14.6 Å². The number of benzene rings is 1. The summed E-state index contributed by atoms with van der Waals surface area (Å²) in [5, 5.41) is 30.4. The van der Waals surface area contributed by atoms with Crippen molar-refractivity contribution in [2.24, 2.45) is 7.05 Å². The van der Waals surface area contributed by atoms with E-state index in [2.05, 4.69) is 15.7 Å². The first-order chi connectivity index (χ1) is 12.4. The zero-order valence-corrected chi connectivity index (χ0v) is 15.7. The van der Waals surface area contributed by atoms with Gasteiger partial charge in [0.05, 0.1) is 18.0 Å². The van der Waals surface area contributed by atoms with Gasteiger partial charge in [0.1, 0.15) is 6.23 Å². The maximum atomic E-state index is 14.3. The van der Waals surface area contributed by atoms with Gasteiger partial charge in [-0.2, -0.15) is 5.10 Å². The number of rotatable bonds is 2. The Morgan fingerprint density at radius 1 is 1.26 bits per heavy atom. The average Bonchev–Trinajstić information content (AvgIpc) is 2.91. The van der Waals surface area contributed by atoms with Gasteiger partial charge in [0.15, 0.2) is 12.2 Å². The zero-order chi connectivity index (χ0) is 18.5. The Morgan fingerprint density at radius 3 is 2.74 bits per heavy atom. The van der Waals surface area contributed by atoms with Crippen LogP contribution in [0.5, 0.6) is 0 Å². The molecule has 7 nitrogen and oxygen atoms in total. The van der Waals surface area contributed by atoms with E-state index in [1.54, 1.807) is 34.8 Å². The molecule has 1 aromatic carbocycles. The van der Waals surface area contributed by atoms with Crippen molar-refractivity contribution in [2.45, 2.75) is 37.3 Å². The predicted molar refractivity (Wildman–Crippen MR) is 100 cm³/mol. The molecule has 2 aromatic rings. The topological polar surface area (TPSA) is 85.6 Å². The summed E-state index contributed by atoms with van der Waals surface area (Å²) in [4.78, 5) is 1.66. The van der Waals surface area contributed by atoms with Gasteiger partial charge in [0.25, 0.3) is 5.92 Å². The van der Waals surface area contributed by atoms with Gasteiger partial charge in [-0.3, -0.25) is 4.68 Å². The second-order valence-corrected chi connectivity index (χ2v) is 7.04. The van der Waals surface area contributed by atoms with Gasteiger partial charge in [-0.15, -0.1) is 12.4 Å². The van der Waals surface area contributed by atoms with Crippen LogP contribution >= 0.6 is 12.4 Å². The van der Waals surface area contributed by atoms with E-state index in [0.29, 0.717) is 37.3 Å². The van der Waals surface area contributed by atoms with Crippen molar-refractivity contribution in [3.63, 3.8) is 0 Å². The molecule has 10 heteroatoms. The summed E-state index contributed by atoms with van der Waals surface area (Å²) in [6.45, 7) is 0.707. The highest BCUT2D eigenvalue weighted by atomic mass is 35.5. The summed E-state index contributed by atoms with van der Waals surface area (Å²) in [7, 11) is 1.76. The minimum absolute atomic E-state index is 0. The summed E-state index contributed by atoms with van der Waals surface area (Å²) in [6, 6.07) is 5.30. The molecule has 0 spiro atoms. The summed E-state index contributed by atoms with van der Waals surface area (Å²) in [5.41, 5.74) is 1.34. The predicted octanol–water partition coefficient (Wildman–Crippen LogP) is 1.10. The van der Waals surface area contributed by atoms with Crippen LogP contribution in [0.15, 0.2) is 18.2 Å². The van der Waals surface area contributed by atoms with Gasteiger partial charge < -0.3 is 20.4 Å². The lowest BCUT2D eigenvalue weighted by atomic mass is 9.86. The number of nitrogens with one attached hydrogen (secondary N) is 2. The van der Waals surface area contributed by atoms with Crippen molar-refractivity contribution in [3.8, 4) is 0 Å². The maximum Gasteiger partial charge on any atom is 0.267 e. The van der Waals surface area contributed by atoms with Crippen LogP contribution in [0.25, 0.3) is 10.9 Å². The number of aryl methyl sites for hydroxylation is 1. The molecule has 2 aliphatic heterocycles. The molecule has 2 fully saturated rings. The van der Waals surface area contributed by atoms with Crippen LogP contribution in [0.3, 0.4) is 0 Å². The van der Waals surface area contributed by atoms with Gasteiger partial charge in [-0.1, -0.05) is 6.07 Å². The molecule has 0 radical (unpaired) electrons. The van der Waals surface area contributed by atoms with E-state index in [-0.39, 0.29) is 19.0 Å². The highest BCUT2D eigenvalue weighted by Gasteiger charge is 2.42. The van der Waals surface area contributed by atoms with Crippen LogP contribution in [0.2, 0.25) is 0 Å². The first-order valence-corrected chi connectivity index (χ1v) is 8.81. The normalized spacial score (nSPS) is 28.2. The fraction of sp³-hybridized carbons (Fsp3) is 0.588. The molecule has 2 aliphatic rings. The van der Waals surface area contributed by atoms with E-state index in [1.807, 2.05) is 0 Å². The molecule has 150 valence electrons. The molecule has 3 atom stereocenters. The van der Waals surface area contributed by atoms with Crippen LogP contribution in [-0.2, 0) is 7.05 Å². The van der Waals surface area contributed by atoms with E-state index in [1.165, 1.54) is 0 Å². The summed E-state index contributed by atoms with van der Waals surface area (Å²) in [6.07, 6.45) is -0.972. The largest absolute Gasteiger partial charge is 0.378 e. The summed E-state index contributed by atoms with van der Waals surface area (Å²) >= 11 is 0. The minimum Gasteiger partial charge on any atom is -0.378 e. The van der Waals surface area contributed by atoms with E-state index in [0.717, 1.165) is 10.9 Å². The van der Waals surface area contributed by atoms with E-state index in [9.17, 15) is 19.0 Å². The number of hydrogen-bond acceptors (Lipinski definition) is 6. The van der Waals surface area contributed by atoms with E-state index in [4.69, 9.17) is 0 Å². The van der Waals surface area contributed by atoms with Crippen molar-refractivity contribution in [3.05, 3.63) is 23.8 Å². The molecule has 0 saturated carbocycles. The third kappa shape index (κ3) is 3.62. The van der Waals surface area contributed by atoms with Crippen molar-refractivity contribution in [2.75, 3.05) is 24.5 Å². The Bertz CT molecular complexity index is 818. The van der Waals surface area contributed by atoms with Crippen molar-refractivity contribution in [1.82, 2.24) is 20.4 Å². The number of piperidine rings is 1. The Balaban J connectivity index is 0.00000210. The van der Waals surface area contributed by atoms with Crippen molar-refractivity contribution < 1.29 is 19.0 Å². The molecule has 2 saturated heterocycles. The van der Waals surface area contributed by atoms with E-state index < -0.39 is 24.4 Å². The minimum atomic E-state index is -2.78. The SMILES string of the molecule is Cl.Cn1nc(N2CCC(O)NC2O)c2ccc(C3CCNCC3(F)F)cc21. The third-order valence-electron chi connectivity index (χ3n) is 5.29. The average molecular weight is 404 g/mol. The Labute approximate surface area is 161 Å². The molecule has 0 aliphatic carbocycles. The smallest absolute Gasteiger partial charge is 0.267 e. The highest BCUT2D eigenvalue weighted by Crippen LogP contribution is 2.39. The Morgan fingerprint density at radius 2 is 2.04 bits per heavy atom. The molecule has 3 unspecified atom stereocenters. The van der Waals surface area contributed by atoms with Gasteiger partial charge in [0, 0.05) is 25.4 Å². The highest BCUT2D eigenvalue weighted by molar-refractivity contribution is 5.91. The molecule has 3 heterocycles. The second-order valence-electron chi connectivity index (χ2n) is 7.04. The molecule has 1 aromatic heterocycles. The fourth-order valence-corrected chi connectivity index (χ4v) is 3.88. The first kappa shape index (κ1) is 20.2. The van der Waals surface area contributed by atoms with Gasteiger partial charge in [-0.05, 0) is 30.7 Å². The molecular formula is C17H24ClF2N5O2. The zero-order valence-electron chi connectivity index (χ0n) is 14.9. The summed E-state index contributed by atoms with van der Waals surface area (Å²) in [5.74, 6) is -3.03. The number of aromatic nitrogens is 2. The number of anilines is 1. The monoisotopic (exact) mass is 403 g/mol. The standard InChI is InChI=1S/C17H23F2N5O2.ClH/c1-23-13-8-10(12-4-6-20-9-17(12,18)19)2-3-11(13)15(22-23)24-7-5-14(25)21-16(24)26;/h2-3,8,12,14,16,20-21,25-26H,4-7,9H2,1H3;1H. The maximum absolute atomic E-state index is 14.3.